The number of anilines is 1. The van der Waals surface area contributed by atoms with Crippen LogP contribution in [0.1, 0.15) is 43.8 Å². The van der Waals surface area contributed by atoms with E-state index < -0.39 is 0 Å². The fraction of sp³-hybridized carbons (Fsp3) is 0.786. The van der Waals surface area contributed by atoms with Crippen LogP contribution >= 0.6 is 0 Å². The number of rotatable bonds is 3. The van der Waals surface area contributed by atoms with Gasteiger partial charge < -0.3 is 14.8 Å². The molecule has 1 unspecified atom stereocenters. The Morgan fingerprint density at radius 2 is 2.11 bits per heavy atom. The summed E-state index contributed by atoms with van der Waals surface area (Å²) in [5, 5.41) is 3.44. The molecule has 2 fully saturated rings. The Labute approximate surface area is 109 Å². The number of likely N-dealkylation sites (N-methyl/N-ethyl adjacent to an activating group) is 1. The molecule has 1 aliphatic heterocycles. The van der Waals surface area contributed by atoms with E-state index in [0.717, 1.165) is 18.8 Å². The Balaban J connectivity index is 1.85. The minimum absolute atomic E-state index is 0.604. The van der Waals surface area contributed by atoms with E-state index in [-0.39, 0.29) is 0 Å². The van der Waals surface area contributed by atoms with Crippen LogP contribution in [0.5, 0.6) is 0 Å². The van der Waals surface area contributed by atoms with Crippen LogP contribution < -0.4 is 10.2 Å². The maximum Gasteiger partial charge on any atom is 0.206 e. The third-order valence-electron chi connectivity index (χ3n) is 4.45. The van der Waals surface area contributed by atoms with Crippen molar-refractivity contribution < 1.29 is 0 Å². The fourth-order valence-corrected chi connectivity index (χ4v) is 3.35. The molecular weight excluding hydrogens is 224 g/mol. The molecule has 1 N–H and O–H groups in total. The molecule has 2 heterocycles. The molecule has 0 radical (unpaired) electrons. The third-order valence-corrected chi connectivity index (χ3v) is 4.45. The lowest BCUT2D eigenvalue weighted by Crippen LogP contribution is -2.35. The summed E-state index contributed by atoms with van der Waals surface area (Å²) >= 11 is 0. The van der Waals surface area contributed by atoms with E-state index in [1.807, 2.05) is 0 Å². The van der Waals surface area contributed by atoms with Crippen LogP contribution in [0.2, 0.25) is 0 Å². The van der Waals surface area contributed by atoms with Gasteiger partial charge in [-0.1, -0.05) is 12.8 Å². The van der Waals surface area contributed by atoms with Crippen molar-refractivity contribution in [3.05, 3.63) is 11.9 Å². The second-order valence-corrected chi connectivity index (χ2v) is 5.79. The average molecular weight is 248 g/mol. The van der Waals surface area contributed by atoms with E-state index in [0.29, 0.717) is 12.1 Å². The molecule has 1 aromatic rings. The van der Waals surface area contributed by atoms with Gasteiger partial charge >= 0.3 is 0 Å². The van der Waals surface area contributed by atoms with Gasteiger partial charge in [-0.05, 0) is 32.7 Å². The Morgan fingerprint density at radius 3 is 2.78 bits per heavy atom. The summed E-state index contributed by atoms with van der Waals surface area (Å²) in [7, 11) is 2.20. The second-order valence-electron chi connectivity index (χ2n) is 5.79. The zero-order valence-electron chi connectivity index (χ0n) is 11.5. The minimum Gasteiger partial charge on any atom is -0.341 e. The molecular formula is C14H24N4. The van der Waals surface area contributed by atoms with Gasteiger partial charge in [0, 0.05) is 31.9 Å². The lowest BCUT2D eigenvalue weighted by Gasteiger charge is -2.27. The molecule has 0 bridgehead atoms. The van der Waals surface area contributed by atoms with Crippen LogP contribution in [0.15, 0.2) is 6.20 Å². The Kier molecular flexibility index (Phi) is 3.29. The van der Waals surface area contributed by atoms with Crippen LogP contribution in [0.25, 0.3) is 0 Å². The molecule has 4 heteroatoms. The number of nitrogens with one attached hydrogen (secondary N) is 1. The minimum atomic E-state index is 0.604. The van der Waals surface area contributed by atoms with Gasteiger partial charge in [0.25, 0.3) is 0 Å². The normalized spacial score (nSPS) is 24.9. The van der Waals surface area contributed by atoms with Crippen LogP contribution in [0.4, 0.5) is 5.95 Å². The number of hydrogen-bond acceptors (Lipinski definition) is 3. The van der Waals surface area contributed by atoms with Crippen molar-refractivity contribution in [1.82, 2.24) is 14.9 Å². The lowest BCUT2D eigenvalue weighted by atomic mass is 10.2. The highest BCUT2D eigenvalue weighted by Crippen LogP contribution is 2.33. The summed E-state index contributed by atoms with van der Waals surface area (Å²) in [4.78, 5) is 7.14. The molecule has 0 spiro atoms. The zero-order chi connectivity index (χ0) is 12.5. The van der Waals surface area contributed by atoms with Crippen molar-refractivity contribution in [3.63, 3.8) is 0 Å². The van der Waals surface area contributed by atoms with E-state index in [2.05, 4.69) is 35.0 Å². The highest BCUT2D eigenvalue weighted by atomic mass is 15.3. The van der Waals surface area contributed by atoms with Gasteiger partial charge in [0.05, 0.1) is 5.69 Å². The van der Waals surface area contributed by atoms with Gasteiger partial charge in [0.1, 0.15) is 0 Å². The first-order chi connectivity index (χ1) is 8.75. The molecule has 100 valence electrons. The summed E-state index contributed by atoms with van der Waals surface area (Å²) in [6.45, 7) is 4.33. The average Bonchev–Trinajstić information content (AvgIpc) is 3.09. The maximum atomic E-state index is 4.76. The van der Waals surface area contributed by atoms with Gasteiger partial charge in [-0.15, -0.1) is 0 Å². The molecule has 2 aliphatic rings. The standard InChI is InChI=1S/C14H24N4/c1-11-10-18(12-5-3-4-6-12)14(16-11)17(2)13-7-8-15-9-13/h10,12-13,15H,3-9H2,1-2H3. The molecule has 0 amide bonds. The zero-order valence-corrected chi connectivity index (χ0v) is 11.5. The Hall–Kier alpha value is -1.03. The van der Waals surface area contributed by atoms with Crippen molar-refractivity contribution in [2.75, 3.05) is 25.0 Å². The number of imidazole rings is 1. The van der Waals surface area contributed by atoms with Crippen LogP contribution in [-0.4, -0.2) is 35.7 Å². The molecule has 18 heavy (non-hydrogen) atoms. The van der Waals surface area contributed by atoms with Gasteiger partial charge in [0.15, 0.2) is 0 Å². The number of aromatic nitrogens is 2. The lowest BCUT2D eigenvalue weighted by molar-refractivity contribution is 0.507. The van der Waals surface area contributed by atoms with Crippen LogP contribution in [0, 0.1) is 6.92 Å². The maximum absolute atomic E-state index is 4.76. The monoisotopic (exact) mass is 248 g/mol. The first-order valence-electron chi connectivity index (χ1n) is 7.25. The summed E-state index contributed by atoms with van der Waals surface area (Å²) in [5.74, 6) is 1.17. The topological polar surface area (TPSA) is 33.1 Å². The van der Waals surface area contributed by atoms with E-state index in [1.54, 1.807) is 0 Å². The first kappa shape index (κ1) is 12.0. The molecule has 1 saturated carbocycles. The SMILES string of the molecule is Cc1cn(C2CCCC2)c(N(C)C2CCNC2)n1. The summed E-state index contributed by atoms with van der Waals surface area (Å²) in [5.41, 5.74) is 1.15. The summed E-state index contributed by atoms with van der Waals surface area (Å²) in [6, 6.07) is 1.28. The quantitative estimate of drug-likeness (QED) is 0.889. The van der Waals surface area contributed by atoms with Crippen molar-refractivity contribution in [1.29, 1.82) is 0 Å². The van der Waals surface area contributed by atoms with Gasteiger partial charge in [0.2, 0.25) is 5.95 Å². The van der Waals surface area contributed by atoms with E-state index >= 15 is 0 Å². The molecule has 1 saturated heterocycles. The third kappa shape index (κ3) is 2.14. The number of nitrogens with zero attached hydrogens (tertiary/aromatic N) is 3. The predicted octanol–water partition coefficient (Wildman–Crippen LogP) is 2.10. The first-order valence-corrected chi connectivity index (χ1v) is 7.25. The Morgan fingerprint density at radius 1 is 1.33 bits per heavy atom. The smallest absolute Gasteiger partial charge is 0.206 e. The number of aryl methyl sites for hydroxylation is 1. The Bertz CT molecular complexity index is 400. The summed E-state index contributed by atoms with van der Waals surface area (Å²) in [6.07, 6.45) is 8.85. The van der Waals surface area contributed by atoms with Gasteiger partial charge in [-0.3, -0.25) is 0 Å². The summed E-state index contributed by atoms with van der Waals surface area (Å²) < 4.78 is 2.43. The molecule has 1 atom stereocenters. The fourth-order valence-electron chi connectivity index (χ4n) is 3.35. The van der Waals surface area contributed by atoms with Crippen molar-refractivity contribution in [2.24, 2.45) is 0 Å². The molecule has 1 aromatic heterocycles. The molecule has 4 nitrogen and oxygen atoms in total. The molecule has 3 rings (SSSR count). The van der Waals surface area contributed by atoms with E-state index in [4.69, 9.17) is 4.98 Å². The number of hydrogen-bond donors (Lipinski definition) is 1. The molecule has 0 aromatic carbocycles. The van der Waals surface area contributed by atoms with E-state index in [1.165, 1.54) is 38.1 Å². The van der Waals surface area contributed by atoms with Crippen molar-refractivity contribution in [2.45, 2.75) is 51.1 Å². The highest BCUT2D eigenvalue weighted by Gasteiger charge is 2.26. The van der Waals surface area contributed by atoms with Gasteiger partial charge in [-0.2, -0.15) is 0 Å². The highest BCUT2D eigenvalue weighted by molar-refractivity contribution is 5.35. The van der Waals surface area contributed by atoms with Crippen molar-refractivity contribution in [3.8, 4) is 0 Å². The largest absolute Gasteiger partial charge is 0.341 e. The predicted molar refractivity (Wildman–Crippen MR) is 74.1 cm³/mol. The van der Waals surface area contributed by atoms with E-state index in [9.17, 15) is 0 Å². The van der Waals surface area contributed by atoms with Crippen molar-refractivity contribution >= 4 is 5.95 Å². The van der Waals surface area contributed by atoms with Gasteiger partial charge in [-0.25, -0.2) is 4.98 Å². The van der Waals surface area contributed by atoms with Crippen LogP contribution in [0.3, 0.4) is 0 Å². The second kappa shape index (κ2) is 4.92. The van der Waals surface area contributed by atoms with Crippen LogP contribution in [-0.2, 0) is 0 Å². The molecule has 1 aliphatic carbocycles.